The van der Waals surface area contributed by atoms with Gasteiger partial charge < -0.3 is 34.6 Å². The number of rotatable bonds is 6. The summed E-state index contributed by atoms with van der Waals surface area (Å²) in [4.78, 5) is 37.1. The molecule has 0 radical (unpaired) electrons. The minimum atomic E-state index is -0.297. The molecule has 0 spiro atoms. The van der Waals surface area contributed by atoms with Gasteiger partial charge in [0.2, 0.25) is 11.9 Å². The molecule has 35 heavy (non-hydrogen) atoms. The normalized spacial score (nSPS) is 21.9. The van der Waals surface area contributed by atoms with Crippen molar-refractivity contribution in [3.05, 3.63) is 18.0 Å². The number of anilines is 3. The van der Waals surface area contributed by atoms with Crippen molar-refractivity contribution in [1.29, 1.82) is 0 Å². The highest BCUT2D eigenvalue weighted by molar-refractivity contribution is 5.73. The van der Waals surface area contributed by atoms with Gasteiger partial charge in [-0.25, -0.2) is 19.7 Å². The Bertz CT molecular complexity index is 1050. The van der Waals surface area contributed by atoms with Crippen molar-refractivity contribution in [2.75, 3.05) is 75.2 Å². The summed E-state index contributed by atoms with van der Waals surface area (Å²) < 4.78 is 15.9. The van der Waals surface area contributed by atoms with Crippen molar-refractivity contribution in [2.24, 2.45) is 0 Å². The molecule has 2 fully saturated rings. The van der Waals surface area contributed by atoms with Gasteiger partial charge in [-0.15, -0.1) is 0 Å². The van der Waals surface area contributed by atoms with E-state index in [9.17, 15) is 4.79 Å². The Kier molecular flexibility index (Phi) is 6.82. The number of fused-ring (bicyclic) bond motifs is 1. The molecule has 3 aliphatic heterocycles. The first kappa shape index (κ1) is 23.5. The number of hydrogen-bond donors (Lipinski definition) is 1. The minimum Gasteiger partial charge on any atom is -0.447 e. The summed E-state index contributed by atoms with van der Waals surface area (Å²) >= 11 is 0. The molecule has 5 rings (SSSR count). The van der Waals surface area contributed by atoms with E-state index in [0.717, 1.165) is 48.6 Å². The van der Waals surface area contributed by atoms with Crippen LogP contribution in [-0.4, -0.2) is 103 Å². The molecule has 12 heteroatoms. The molecule has 0 unspecified atom stereocenters. The highest BCUT2D eigenvalue weighted by atomic mass is 16.6. The van der Waals surface area contributed by atoms with Gasteiger partial charge >= 0.3 is 6.09 Å². The number of aromatic nitrogens is 4. The molecule has 12 nitrogen and oxygen atoms in total. The molecule has 2 atom stereocenters. The summed E-state index contributed by atoms with van der Waals surface area (Å²) in [6.45, 7) is 6.81. The largest absolute Gasteiger partial charge is 0.447 e. The van der Waals surface area contributed by atoms with Crippen LogP contribution in [0.2, 0.25) is 0 Å². The van der Waals surface area contributed by atoms with Crippen molar-refractivity contribution in [2.45, 2.75) is 31.8 Å². The lowest BCUT2D eigenvalue weighted by Crippen LogP contribution is -2.45. The van der Waals surface area contributed by atoms with Gasteiger partial charge in [0, 0.05) is 62.9 Å². The second kappa shape index (κ2) is 10.2. The van der Waals surface area contributed by atoms with Gasteiger partial charge in [-0.3, -0.25) is 0 Å². The van der Waals surface area contributed by atoms with Crippen molar-refractivity contribution >= 4 is 23.8 Å². The van der Waals surface area contributed by atoms with Crippen molar-refractivity contribution in [3.63, 3.8) is 0 Å². The molecule has 2 saturated heterocycles. The standard InChI is InChI=1S/C23H32N8O4/c1-15-14-34-8-7-30(15)22-27-19(16-11-25-21(24)26-12-16)18-4-6-31(20(18)28-22)17-3-5-29(13-17)23(32)35-10-9-33-2/h11-12,15,17H,3-10,13-14H2,1-2H3,(H2,24,25,26)/t15-,17-/m0/s1. The number of nitrogen functional groups attached to an aromatic ring is 1. The average molecular weight is 485 g/mol. The van der Waals surface area contributed by atoms with Crippen LogP contribution < -0.4 is 15.5 Å². The second-order valence-corrected chi connectivity index (χ2v) is 9.06. The van der Waals surface area contributed by atoms with E-state index < -0.39 is 0 Å². The monoisotopic (exact) mass is 484 g/mol. The number of likely N-dealkylation sites (tertiary alicyclic amines) is 1. The van der Waals surface area contributed by atoms with Gasteiger partial charge in [-0.05, 0) is 19.8 Å². The minimum absolute atomic E-state index is 0.159. The lowest BCUT2D eigenvalue weighted by atomic mass is 10.1. The maximum Gasteiger partial charge on any atom is 0.409 e. The second-order valence-electron chi connectivity index (χ2n) is 9.06. The number of nitrogens with zero attached hydrogens (tertiary/aromatic N) is 7. The summed E-state index contributed by atoms with van der Waals surface area (Å²) in [5.41, 5.74) is 8.45. The Balaban J connectivity index is 1.44. The van der Waals surface area contributed by atoms with E-state index in [4.69, 9.17) is 29.9 Å². The van der Waals surface area contributed by atoms with Gasteiger partial charge in [-0.2, -0.15) is 4.98 Å². The maximum absolute atomic E-state index is 12.5. The third-order valence-electron chi connectivity index (χ3n) is 6.79. The van der Waals surface area contributed by atoms with E-state index >= 15 is 0 Å². The van der Waals surface area contributed by atoms with Crippen LogP contribution in [0.5, 0.6) is 0 Å². The van der Waals surface area contributed by atoms with Crippen molar-refractivity contribution in [3.8, 4) is 11.3 Å². The molecule has 0 aromatic carbocycles. The lowest BCUT2D eigenvalue weighted by molar-refractivity contribution is 0.0766. The molecule has 2 aromatic heterocycles. The summed E-state index contributed by atoms with van der Waals surface area (Å²) in [5.74, 6) is 1.82. The first-order chi connectivity index (χ1) is 17.0. The van der Waals surface area contributed by atoms with Crippen LogP contribution in [0.3, 0.4) is 0 Å². The Morgan fingerprint density at radius 2 is 2.00 bits per heavy atom. The number of morpholine rings is 1. The number of carbonyl (C=O) groups is 1. The SMILES string of the molecule is COCCOC(=O)N1CC[C@H](N2CCc3c(-c4cnc(N)nc4)nc(N4CCOC[C@@H]4C)nc32)C1. The maximum atomic E-state index is 12.5. The summed E-state index contributed by atoms with van der Waals surface area (Å²) in [6, 6.07) is 0.322. The third kappa shape index (κ3) is 4.80. The fourth-order valence-corrected chi connectivity index (χ4v) is 4.94. The fraction of sp³-hybridized carbons (Fsp3) is 0.609. The van der Waals surface area contributed by atoms with E-state index in [0.29, 0.717) is 38.9 Å². The van der Waals surface area contributed by atoms with E-state index in [-0.39, 0.29) is 30.7 Å². The highest BCUT2D eigenvalue weighted by Crippen LogP contribution is 2.38. The van der Waals surface area contributed by atoms with Crippen LogP contribution in [0.1, 0.15) is 18.9 Å². The highest BCUT2D eigenvalue weighted by Gasteiger charge is 2.37. The van der Waals surface area contributed by atoms with E-state index in [1.165, 1.54) is 0 Å². The predicted molar refractivity (Wildman–Crippen MR) is 129 cm³/mol. The van der Waals surface area contributed by atoms with Crippen LogP contribution in [0.4, 0.5) is 22.5 Å². The molecule has 5 heterocycles. The van der Waals surface area contributed by atoms with Crippen molar-refractivity contribution in [1.82, 2.24) is 24.8 Å². The van der Waals surface area contributed by atoms with Gasteiger partial charge in [0.15, 0.2) is 0 Å². The van der Waals surface area contributed by atoms with Gasteiger partial charge in [0.05, 0.1) is 31.6 Å². The molecule has 1 amide bonds. The predicted octanol–water partition coefficient (Wildman–Crippen LogP) is 0.961. The summed E-state index contributed by atoms with van der Waals surface area (Å²) in [7, 11) is 1.59. The Labute approximate surface area is 204 Å². The fourth-order valence-electron chi connectivity index (χ4n) is 4.94. The first-order valence-corrected chi connectivity index (χ1v) is 12.1. The molecular weight excluding hydrogens is 452 g/mol. The molecule has 0 saturated carbocycles. The number of nitrogens with two attached hydrogens (primary N) is 1. The number of carbonyl (C=O) groups excluding carboxylic acids is 1. The molecule has 0 bridgehead atoms. The third-order valence-corrected chi connectivity index (χ3v) is 6.79. The first-order valence-electron chi connectivity index (χ1n) is 12.1. The molecular formula is C23H32N8O4. The zero-order valence-electron chi connectivity index (χ0n) is 20.2. The molecule has 3 aliphatic rings. The molecule has 0 aliphatic carbocycles. The van der Waals surface area contributed by atoms with Crippen LogP contribution in [0.15, 0.2) is 12.4 Å². The van der Waals surface area contributed by atoms with Crippen LogP contribution in [-0.2, 0) is 20.6 Å². The van der Waals surface area contributed by atoms with Gasteiger partial charge in [-0.1, -0.05) is 0 Å². The number of ether oxygens (including phenoxy) is 3. The van der Waals surface area contributed by atoms with Crippen LogP contribution >= 0.6 is 0 Å². The molecule has 2 aromatic rings. The van der Waals surface area contributed by atoms with E-state index in [1.807, 2.05) is 0 Å². The summed E-state index contributed by atoms with van der Waals surface area (Å²) in [5, 5.41) is 0. The number of amides is 1. The quantitative estimate of drug-likeness (QED) is 0.588. The van der Waals surface area contributed by atoms with Crippen LogP contribution in [0.25, 0.3) is 11.3 Å². The Morgan fingerprint density at radius 3 is 2.77 bits per heavy atom. The Morgan fingerprint density at radius 1 is 1.17 bits per heavy atom. The zero-order chi connectivity index (χ0) is 24.4. The van der Waals surface area contributed by atoms with Gasteiger partial charge in [0.1, 0.15) is 12.4 Å². The lowest BCUT2D eigenvalue weighted by Gasteiger charge is -2.34. The van der Waals surface area contributed by atoms with E-state index in [1.54, 1.807) is 24.4 Å². The molecule has 188 valence electrons. The van der Waals surface area contributed by atoms with Crippen molar-refractivity contribution < 1.29 is 19.0 Å². The number of methoxy groups -OCH3 is 1. The van der Waals surface area contributed by atoms with E-state index in [2.05, 4.69) is 26.7 Å². The zero-order valence-corrected chi connectivity index (χ0v) is 20.2. The number of hydrogen-bond acceptors (Lipinski definition) is 11. The molecule has 2 N–H and O–H groups in total. The van der Waals surface area contributed by atoms with Gasteiger partial charge in [0.25, 0.3) is 0 Å². The summed E-state index contributed by atoms with van der Waals surface area (Å²) in [6.07, 6.45) is 4.80. The topological polar surface area (TPSA) is 132 Å². The smallest absolute Gasteiger partial charge is 0.409 e. The van der Waals surface area contributed by atoms with Crippen LogP contribution in [0, 0.1) is 0 Å². The Hall–Kier alpha value is -3.25. The average Bonchev–Trinajstić information content (AvgIpc) is 3.52.